The van der Waals surface area contributed by atoms with Crippen molar-refractivity contribution >= 4 is 0 Å². The van der Waals surface area contributed by atoms with Crippen LogP contribution in [0.25, 0.3) is 0 Å². The Bertz CT molecular complexity index is 230. The third-order valence-electron chi connectivity index (χ3n) is 3.05. The molecule has 1 aliphatic rings. The van der Waals surface area contributed by atoms with Crippen molar-refractivity contribution in [3.8, 4) is 0 Å². The largest absolute Gasteiger partial charge is 0.401 e. The van der Waals surface area contributed by atoms with E-state index in [1.165, 1.54) is 4.90 Å². The van der Waals surface area contributed by atoms with Gasteiger partial charge in [0.2, 0.25) is 0 Å². The summed E-state index contributed by atoms with van der Waals surface area (Å²) in [4.78, 5) is 3.56. The van der Waals surface area contributed by atoms with Gasteiger partial charge in [-0.15, -0.1) is 0 Å². The smallest absolute Gasteiger partial charge is 0.385 e. The van der Waals surface area contributed by atoms with Crippen molar-refractivity contribution in [3.63, 3.8) is 0 Å². The van der Waals surface area contributed by atoms with Crippen LogP contribution in [-0.2, 0) is 4.74 Å². The highest BCUT2D eigenvalue weighted by atomic mass is 19.4. The molecule has 18 heavy (non-hydrogen) atoms. The predicted molar refractivity (Wildman–Crippen MR) is 63.4 cm³/mol. The minimum atomic E-state index is -4.10. The molecule has 1 saturated heterocycles. The molecule has 0 aliphatic carbocycles. The van der Waals surface area contributed by atoms with Crippen molar-refractivity contribution in [3.05, 3.63) is 0 Å². The lowest BCUT2D eigenvalue weighted by Gasteiger charge is -2.36. The van der Waals surface area contributed by atoms with Gasteiger partial charge < -0.3 is 10.5 Å². The van der Waals surface area contributed by atoms with Crippen molar-refractivity contribution in [1.29, 1.82) is 0 Å². The zero-order valence-corrected chi connectivity index (χ0v) is 10.7. The zero-order chi connectivity index (χ0) is 13.6. The Morgan fingerprint density at radius 3 is 2.22 bits per heavy atom. The van der Waals surface area contributed by atoms with E-state index in [2.05, 4.69) is 4.90 Å². The molecule has 0 amide bonds. The van der Waals surface area contributed by atoms with Crippen LogP contribution in [0.15, 0.2) is 0 Å². The Hall–Kier alpha value is -0.370. The van der Waals surface area contributed by atoms with Crippen molar-refractivity contribution in [2.45, 2.75) is 18.6 Å². The number of rotatable bonds is 6. The Kier molecular flexibility index (Phi) is 6.34. The topological polar surface area (TPSA) is 41.7 Å². The third-order valence-corrected chi connectivity index (χ3v) is 3.05. The highest BCUT2D eigenvalue weighted by Crippen LogP contribution is 2.17. The maximum atomic E-state index is 12.2. The molecule has 7 heteroatoms. The molecule has 0 saturated carbocycles. The Labute approximate surface area is 106 Å². The van der Waals surface area contributed by atoms with Crippen molar-refractivity contribution in [2.24, 2.45) is 5.73 Å². The molecule has 0 radical (unpaired) electrons. The highest BCUT2D eigenvalue weighted by molar-refractivity contribution is 4.77. The summed E-state index contributed by atoms with van der Waals surface area (Å²) in [7, 11) is 1.63. The minimum absolute atomic E-state index is 0.0270. The van der Waals surface area contributed by atoms with Crippen LogP contribution in [0.3, 0.4) is 0 Å². The predicted octanol–water partition coefficient (Wildman–Crippen LogP) is 0.530. The van der Waals surface area contributed by atoms with Crippen LogP contribution in [0, 0.1) is 0 Å². The lowest BCUT2D eigenvalue weighted by atomic mass is 10.2. The number of piperazine rings is 1. The molecule has 1 unspecified atom stereocenters. The molecule has 1 fully saturated rings. The van der Waals surface area contributed by atoms with Gasteiger partial charge >= 0.3 is 6.18 Å². The molecule has 2 N–H and O–H groups in total. The summed E-state index contributed by atoms with van der Waals surface area (Å²) >= 11 is 0. The Morgan fingerprint density at radius 2 is 1.72 bits per heavy atom. The van der Waals surface area contributed by atoms with Crippen molar-refractivity contribution in [1.82, 2.24) is 9.80 Å². The van der Waals surface area contributed by atoms with Gasteiger partial charge in [-0.05, 0) is 6.42 Å². The standard InChI is InChI=1S/C11H22F3N3O/c1-18-7-2-10(15)8-16-3-5-17(6-4-16)9-11(12,13)14/h10H,2-9,15H2,1H3. The number of ether oxygens (including phenoxy) is 1. The van der Waals surface area contributed by atoms with Crippen LogP contribution in [0.1, 0.15) is 6.42 Å². The molecule has 4 nitrogen and oxygen atoms in total. The van der Waals surface area contributed by atoms with Gasteiger partial charge in [-0.3, -0.25) is 9.80 Å². The molecule has 0 bridgehead atoms. The average molecular weight is 269 g/mol. The van der Waals surface area contributed by atoms with E-state index in [9.17, 15) is 13.2 Å². The molecule has 0 aromatic carbocycles. The number of methoxy groups -OCH3 is 1. The first kappa shape index (κ1) is 15.7. The first-order valence-corrected chi connectivity index (χ1v) is 6.16. The third kappa shape index (κ3) is 6.53. The summed E-state index contributed by atoms with van der Waals surface area (Å²) < 4.78 is 41.5. The van der Waals surface area contributed by atoms with Crippen LogP contribution in [0.5, 0.6) is 0 Å². The Morgan fingerprint density at radius 1 is 1.17 bits per heavy atom. The fraction of sp³-hybridized carbons (Fsp3) is 1.00. The van der Waals surface area contributed by atoms with E-state index in [0.29, 0.717) is 32.8 Å². The van der Waals surface area contributed by atoms with E-state index in [0.717, 1.165) is 13.0 Å². The molecule has 1 rings (SSSR count). The molecule has 1 atom stereocenters. The summed E-state index contributed by atoms with van der Waals surface area (Å²) in [5.74, 6) is 0. The summed E-state index contributed by atoms with van der Waals surface area (Å²) in [6.45, 7) is 2.75. The van der Waals surface area contributed by atoms with Crippen molar-refractivity contribution in [2.75, 3.05) is 53.0 Å². The minimum Gasteiger partial charge on any atom is -0.385 e. The first-order valence-electron chi connectivity index (χ1n) is 6.16. The van der Waals surface area contributed by atoms with Gasteiger partial charge in [0.25, 0.3) is 0 Å². The maximum absolute atomic E-state index is 12.2. The molecular weight excluding hydrogens is 247 g/mol. The van der Waals surface area contributed by atoms with Gasteiger partial charge in [0.15, 0.2) is 0 Å². The number of hydrogen-bond donors (Lipinski definition) is 1. The fourth-order valence-corrected chi connectivity index (χ4v) is 2.08. The van der Waals surface area contributed by atoms with Gasteiger partial charge in [-0.1, -0.05) is 0 Å². The molecule has 108 valence electrons. The van der Waals surface area contributed by atoms with Crippen LogP contribution in [-0.4, -0.2) is 75.0 Å². The summed E-state index contributed by atoms with van der Waals surface area (Å²) in [5, 5.41) is 0. The lowest BCUT2D eigenvalue weighted by Crippen LogP contribution is -2.51. The summed E-state index contributed by atoms with van der Waals surface area (Å²) in [6, 6.07) is 0.0270. The van der Waals surface area contributed by atoms with Crippen LogP contribution in [0.2, 0.25) is 0 Å². The quantitative estimate of drug-likeness (QED) is 0.764. The first-order chi connectivity index (χ1) is 8.40. The van der Waals surface area contributed by atoms with Crippen molar-refractivity contribution < 1.29 is 17.9 Å². The van der Waals surface area contributed by atoms with Crippen LogP contribution in [0.4, 0.5) is 13.2 Å². The van der Waals surface area contributed by atoms with Crippen LogP contribution < -0.4 is 5.73 Å². The van der Waals surface area contributed by atoms with E-state index in [4.69, 9.17) is 10.5 Å². The maximum Gasteiger partial charge on any atom is 0.401 e. The van der Waals surface area contributed by atoms with Gasteiger partial charge in [0, 0.05) is 52.5 Å². The Balaban J connectivity index is 2.19. The molecular formula is C11H22F3N3O. The van der Waals surface area contributed by atoms with E-state index < -0.39 is 12.7 Å². The van der Waals surface area contributed by atoms with Gasteiger partial charge in [-0.2, -0.15) is 13.2 Å². The van der Waals surface area contributed by atoms with E-state index in [1.54, 1.807) is 7.11 Å². The van der Waals surface area contributed by atoms with E-state index in [1.807, 2.05) is 0 Å². The SMILES string of the molecule is COCCC(N)CN1CCN(CC(F)(F)F)CC1. The fourth-order valence-electron chi connectivity index (χ4n) is 2.08. The highest BCUT2D eigenvalue weighted by Gasteiger charge is 2.32. The van der Waals surface area contributed by atoms with Gasteiger partial charge in [0.1, 0.15) is 0 Å². The molecule has 0 aromatic rings. The van der Waals surface area contributed by atoms with Crippen LogP contribution >= 0.6 is 0 Å². The molecule has 1 heterocycles. The number of nitrogens with two attached hydrogens (primary N) is 1. The zero-order valence-electron chi connectivity index (χ0n) is 10.7. The summed E-state index contributed by atoms with van der Waals surface area (Å²) in [6.07, 6.45) is -3.32. The summed E-state index contributed by atoms with van der Waals surface area (Å²) in [5.41, 5.74) is 5.91. The molecule has 0 spiro atoms. The number of nitrogens with zero attached hydrogens (tertiary/aromatic N) is 2. The number of halogens is 3. The van der Waals surface area contributed by atoms with Gasteiger partial charge in [-0.25, -0.2) is 0 Å². The lowest BCUT2D eigenvalue weighted by molar-refractivity contribution is -0.149. The second kappa shape index (κ2) is 7.28. The second-order valence-corrected chi connectivity index (χ2v) is 4.73. The molecule has 1 aliphatic heterocycles. The van der Waals surface area contributed by atoms with Gasteiger partial charge in [0.05, 0.1) is 6.54 Å². The average Bonchev–Trinajstić information content (AvgIpc) is 2.27. The van der Waals surface area contributed by atoms with E-state index in [-0.39, 0.29) is 6.04 Å². The monoisotopic (exact) mass is 269 g/mol. The molecule has 0 aromatic heterocycles. The van der Waals surface area contributed by atoms with E-state index >= 15 is 0 Å². The number of hydrogen-bond acceptors (Lipinski definition) is 4. The number of alkyl halides is 3. The second-order valence-electron chi connectivity index (χ2n) is 4.73. The normalized spacial score (nSPS) is 21.2.